The van der Waals surface area contributed by atoms with Crippen LogP contribution in [0.2, 0.25) is 0 Å². The average molecular weight is 384 g/mol. The third kappa shape index (κ3) is 2.51. The van der Waals surface area contributed by atoms with Crippen LogP contribution in [0, 0.1) is 0 Å². The number of benzene rings is 3. The first-order chi connectivity index (χ1) is 12.5. The van der Waals surface area contributed by atoms with Gasteiger partial charge in [-0.25, -0.2) is 0 Å². The van der Waals surface area contributed by atoms with Crippen LogP contribution >= 0.6 is 23.2 Å². The molecule has 6 N–H and O–H groups in total. The Morgan fingerprint density at radius 1 is 0.538 bits per heavy atom. The molecule has 6 rings (SSSR count). The van der Waals surface area contributed by atoms with Crippen LogP contribution in [0.5, 0.6) is 0 Å². The highest BCUT2D eigenvalue weighted by Crippen LogP contribution is 2.56. The molecule has 0 spiro atoms. The molecule has 132 valence electrons. The molecule has 0 saturated carbocycles. The molecule has 2 bridgehead atoms. The third-order valence-electron chi connectivity index (χ3n) is 5.20. The minimum atomic E-state index is 0.188. The van der Waals surface area contributed by atoms with E-state index in [-0.39, 0.29) is 17.2 Å². The topological polar surface area (TPSA) is 78.1 Å². The second-order valence-electron chi connectivity index (χ2n) is 6.63. The van der Waals surface area contributed by atoms with Gasteiger partial charge in [0.05, 0.1) is 5.34 Å². The van der Waals surface area contributed by atoms with E-state index in [1.165, 1.54) is 33.4 Å². The zero-order valence-corrected chi connectivity index (χ0v) is 15.6. The molecule has 0 amide bonds. The molecule has 0 radical (unpaired) electrons. The molecule has 0 unspecified atom stereocenters. The number of hydrogen-bond donors (Lipinski definition) is 3. The molecule has 3 aromatic rings. The Kier molecular flexibility index (Phi) is 4.22. The first-order valence-electron chi connectivity index (χ1n) is 8.35. The number of rotatable bonds is 0. The van der Waals surface area contributed by atoms with Crippen molar-refractivity contribution >= 4 is 40.3 Å². The Hall–Kier alpha value is -2.36. The second-order valence-corrected chi connectivity index (χ2v) is 7.44. The van der Waals surface area contributed by atoms with Gasteiger partial charge in [-0.15, -0.1) is 23.2 Å². The third-order valence-corrected chi connectivity index (χ3v) is 5.20. The van der Waals surface area contributed by atoms with Crippen LogP contribution in [-0.4, -0.2) is 5.34 Å². The molecular formula is C21H19Cl2N3. The van der Waals surface area contributed by atoms with Crippen LogP contribution in [0.15, 0.2) is 54.6 Å². The fourth-order valence-corrected chi connectivity index (χ4v) is 4.32. The average Bonchev–Trinajstić information content (AvgIpc) is 2.61. The maximum atomic E-state index is 6.06. The zero-order valence-electron chi connectivity index (χ0n) is 14.0. The monoisotopic (exact) mass is 383 g/mol. The lowest BCUT2D eigenvalue weighted by Crippen LogP contribution is -2.27. The lowest BCUT2D eigenvalue weighted by molar-refractivity contribution is 0.756. The van der Waals surface area contributed by atoms with E-state index >= 15 is 0 Å². The predicted octanol–water partition coefficient (Wildman–Crippen LogP) is 4.84. The summed E-state index contributed by atoms with van der Waals surface area (Å²) in [5.74, 6) is 0.400. The van der Waals surface area contributed by atoms with Gasteiger partial charge in [0.2, 0.25) is 0 Å². The van der Waals surface area contributed by atoms with E-state index in [2.05, 4.69) is 36.4 Å². The first-order valence-corrected chi connectivity index (χ1v) is 9.42. The molecule has 3 aromatic carbocycles. The van der Waals surface area contributed by atoms with E-state index in [0.717, 1.165) is 17.1 Å². The van der Waals surface area contributed by atoms with E-state index in [1.54, 1.807) is 0 Å². The summed E-state index contributed by atoms with van der Waals surface area (Å²) in [6.45, 7) is 0. The Morgan fingerprint density at radius 2 is 0.808 bits per heavy atom. The summed E-state index contributed by atoms with van der Waals surface area (Å²) in [5, 5.41) is 0.194. The van der Waals surface area contributed by atoms with Gasteiger partial charge in [0.25, 0.3) is 0 Å². The summed E-state index contributed by atoms with van der Waals surface area (Å²) >= 11 is 9.53. The quantitative estimate of drug-likeness (QED) is 0.264. The Morgan fingerprint density at radius 3 is 1.12 bits per heavy atom. The molecule has 0 aliphatic heterocycles. The van der Waals surface area contributed by atoms with Gasteiger partial charge in [-0.1, -0.05) is 18.2 Å². The van der Waals surface area contributed by atoms with Gasteiger partial charge >= 0.3 is 0 Å². The number of halogens is 2. The van der Waals surface area contributed by atoms with E-state index < -0.39 is 0 Å². The molecule has 0 atom stereocenters. The second kappa shape index (κ2) is 6.42. The van der Waals surface area contributed by atoms with Gasteiger partial charge in [-0.05, 0) is 69.8 Å². The molecule has 26 heavy (non-hydrogen) atoms. The van der Waals surface area contributed by atoms with Gasteiger partial charge in [-0.2, -0.15) is 0 Å². The fourth-order valence-electron chi connectivity index (χ4n) is 4.32. The maximum Gasteiger partial charge on any atom is 0.0967 e. The molecule has 0 heterocycles. The summed E-state index contributed by atoms with van der Waals surface area (Å²) in [6.07, 6.45) is 0. The van der Waals surface area contributed by atoms with Gasteiger partial charge in [-0.3, -0.25) is 0 Å². The molecule has 5 heteroatoms. The maximum absolute atomic E-state index is 6.06. The Balaban J connectivity index is 0.000000527. The smallest absolute Gasteiger partial charge is 0.0967 e. The highest BCUT2D eigenvalue weighted by Gasteiger charge is 2.41. The Bertz CT molecular complexity index is 947. The molecular weight excluding hydrogens is 365 g/mol. The molecule has 3 aliphatic rings. The van der Waals surface area contributed by atoms with Crippen LogP contribution < -0.4 is 17.2 Å². The van der Waals surface area contributed by atoms with Gasteiger partial charge in [0, 0.05) is 28.9 Å². The lowest BCUT2D eigenvalue weighted by Gasteiger charge is -2.42. The molecule has 0 fully saturated rings. The van der Waals surface area contributed by atoms with Crippen LogP contribution in [-0.2, 0) is 0 Å². The number of alkyl halides is 2. The highest BCUT2D eigenvalue weighted by molar-refractivity contribution is 6.40. The minimum absolute atomic E-state index is 0.188. The van der Waals surface area contributed by atoms with Crippen molar-refractivity contribution in [2.75, 3.05) is 22.5 Å². The number of nitrogens with two attached hydrogens (primary N) is 3. The van der Waals surface area contributed by atoms with Gasteiger partial charge < -0.3 is 17.2 Å². The predicted molar refractivity (Wildman–Crippen MR) is 111 cm³/mol. The largest absolute Gasteiger partial charge is 0.399 e. The Labute approximate surface area is 162 Å². The standard InChI is InChI=1S/C20H17N3.CH2Cl2/c21-10-3-6-15-16(7-10)19-13-4-1-11(22)8-17(13)20(15)18-9-12(23)2-5-14(18)19;2-1-3/h1-9,19-20H,21-23H2;1H2. The lowest BCUT2D eigenvalue weighted by atomic mass is 9.61. The van der Waals surface area contributed by atoms with Crippen LogP contribution in [0.1, 0.15) is 45.2 Å². The van der Waals surface area contributed by atoms with E-state index in [0.29, 0.717) is 0 Å². The van der Waals surface area contributed by atoms with Crippen molar-refractivity contribution in [3.8, 4) is 0 Å². The van der Waals surface area contributed by atoms with Gasteiger partial charge in [0.1, 0.15) is 0 Å². The van der Waals surface area contributed by atoms with Crippen molar-refractivity contribution in [3.05, 3.63) is 88.0 Å². The van der Waals surface area contributed by atoms with Crippen molar-refractivity contribution in [1.29, 1.82) is 0 Å². The molecule has 0 aromatic heterocycles. The molecule has 3 aliphatic carbocycles. The fraction of sp³-hybridized carbons (Fsp3) is 0.143. The first kappa shape index (κ1) is 17.1. The summed E-state index contributed by atoms with van der Waals surface area (Å²) < 4.78 is 0. The van der Waals surface area contributed by atoms with E-state index in [1.807, 2.05) is 18.2 Å². The van der Waals surface area contributed by atoms with Gasteiger partial charge in [0.15, 0.2) is 0 Å². The summed E-state index contributed by atoms with van der Waals surface area (Å²) in [7, 11) is 0. The van der Waals surface area contributed by atoms with Crippen molar-refractivity contribution in [2.24, 2.45) is 0 Å². The van der Waals surface area contributed by atoms with Crippen molar-refractivity contribution in [2.45, 2.75) is 11.8 Å². The number of nitrogen functional groups attached to an aromatic ring is 3. The zero-order chi connectivity index (χ0) is 18.4. The molecule has 0 saturated heterocycles. The summed E-state index contributed by atoms with van der Waals surface area (Å²) in [4.78, 5) is 0. The van der Waals surface area contributed by atoms with Crippen molar-refractivity contribution in [1.82, 2.24) is 0 Å². The highest BCUT2D eigenvalue weighted by atomic mass is 35.5. The van der Waals surface area contributed by atoms with Crippen LogP contribution in [0.25, 0.3) is 0 Å². The minimum Gasteiger partial charge on any atom is -0.399 e. The summed E-state index contributed by atoms with van der Waals surface area (Å²) in [5.41, 5.74) is 28.5. The van der Waals surface area contributed by atoms with Crippen molar-refractivity contribution in [3.63, 3.8) is 0 Å². The van der Waals surface area contributed by atoms with Crippen LogP contribution in [0.4, 0.5) is 17.1 Å². The van der Waals surface area contributed by atoms with Crippen LogP contribution in [0.3, 0.4) is 0 Å². The summed E-state index contributed by atoms with van der Waals surface area (Å²) in [6, 6.07) is 18.8. The van der Waals surface area contributed by atoms with E-state index in [4.69, 9.17) is 40.4 Å². The number of anilines is 3. The normalized spacial score (nSPS) is 18.2. The van der Waals surface area contributed by atoms with Crippen molar-refractivity contribution < 1.29 is 0 Å². The molecule has 3 nitrogen and oxygen atoms in total. The van der Waals surface area contributed by atoms with E-state index in [9.17, 15) is 0 Å². The number of hydrogen-bond acceptors (Lipinski definition) is 3. The SMILES string of the molecule is ClCCl.Nc1ccc2c(c1)C1c3ccc(N)cc3C2c2cc(N)ccc21.